The summed E-state index contributed by atoms with van der Waals surface area (Å²) >= 11 is 1.52. The average molecular weight is 279 g/mol. The van der Waals surface area contributed by atoms with Crippen molar-refractivity contribution in [1.29, 1.82) is 0 Å². The first-order valence-electron chi connectivity index (χ1n) is 5.89. The number of thiazole rings is 1. The second kappa shape index (κ2) is 5.40. The number of nitrogen functional groups attached to an aromatic ring is 1. The predicted molar refractivity (Wildman–Crippen MR) is 74.7 cm³/mol. The molecule has 0 unspecified atom stereocenters. The smallest absolute Gasteiger partial charge is 0.244 e. The van der Waals surface area contributed by atoms with Crippen LogP contribution in [0.15, 0.2) is 10.9 Å². The van der Waals surface area contributed by atoms with Gasteiger partial charge in [0, 0.05) is 12.4 Å². The van der Waals surface area contributed by atoms with E-state index in [1.807, 2.05) is 19.2 Å². The van der Waals surface area contributed by atoms with Crippen molar-refractivity contribution >= 4 is 22.9 Å². The lowest BCUT2D eigenvalue weighted by atomic mass is 10.3. The van der Waals surface area contributed by atoms with Gasteiger partial charge in [-0.25, -0.2) is 4.98 Å². The summed E-state index contributed by atoms with van der Waals surface area (Å²) in [5, 5.41) is 6.20. The largest absolute Gasteiger partial charge is 0.396 e. The molecule has 2 heterocycles. The average Bonchev–Trinajstić information content (AvgIpc) is 2.95. The van der Waals surface area contributed by atoms with Gasteiger partial charge in [-0.1, -0.05) is 0 Å². The van der Waals surface area contributed by atoms with Gasteiger partial charge in [0.15, 0.2) is 0 Å². The minimum Gasteiger partial charge on any atom is -0.396 e. The lowest BCUT2D eigenvalue weighted by Crippen LogP contribution is -2.30. The Balaban J connectivity index is 2.02. The van der Waals surface area contributed by atoms with Gasteiger partial charge in [0.05, 0.1) is 34.8 Å². The van der Waals surface area contributed by atoms with Gasteiger partial charge in [0.1, 0.15) is 6.54 Å². The fourth-order valence-corrected chi connectivity index (χ4v) is 2.31. The second-order valence-corrected chi connectivity index (χ2v) is 5.19. The van der Waals surface area contributed by atoms with Crippen molar-refractivity contribution < 1.29 is 4.79 Å². The highest BCUT2D eigenvalue weighted by Crippen LogP contribution is 2.15. The number of hydrogen-bond acceptors (Lipinski definition) is 5. The first kappa shape index (κ1) is 13.5. The van der Waals surface area contributed by atoms with Crippen molar-refractivity contribution in [1.82, 2.24) is 19.7 Å². The van der Waals surface area contributed by atoms with Crippen LogP contribution in [0.1, 0.15) is 17.1 Å². The molecule has 1 amide bonds. The highest BCUT2D eigenvalue weighted by atomic mass is 32.1. The molecule has 0 aliphatic rings. The number of nitrogens with two attached hydrogens (primary N) is 1. The third kappa shape index (κ3) is 2.93. The summed E-state index contributed by atoms with van der Waals surface area (Å²) in [7, 11) is 1.76. The molecular formula is C12H17N5OS. The molecule has 6 nitrogen and oxygen atoms in total. The maximum Gasteiger partial charge on any atom is 0.244 e. The zero-order chi connectivity index (χ0) is 14.0. The van der Waals surface area contributed by atoms with Crippen molar-refractivity contribution in [3.63, 3.8) is 0 Å². The summed E-state index contributed by atoms with van der Waals surface area (Å²) in [5.74, 6) is -0.0152. The summed E-state index contributed by atoms with van der Waals surface area (Å²) in [4.78, 5) is 17.9. The van der Waals surface area contributed by atoms with Crippen LogP contribution in [0, 0.1) is 13.8 Å². The lowest BCUT2D eigenvalue weighted by molar-refractivity contribution is -0.131. The number of likely N-dealkylation sites (N-methyl/N-ethyl adjacent to an activating group) is 1. The molecule has 0 radical (unpaired) electrons. The Morgan fingerprint density at radius 1 is 1.53 bits per heavy atom. The predicted octanol–water partition coefficient (Wildman–Crippen LogP) is 1.20. The van der Waals surface area contributed by atoms with E-state index in [1.54, 1.807) is 22.1 Å². The maximum absolute atomic E-state index is 12.1. The number of aromatic nitrogens is 3. The molecule has 102 valence electrons. The number of amides is 1. The van der Waals surface area contributed by atoms with E-state index in [2.05, 4.69) is 10.1 Å². The molecule has 0 fully saturated rings. The van der Waals surface area contributed by atoms with Crippen LogP contribution in [0.4, 0.5) is 5.69 Å². The van der Waals surface area contributed by atoms with Gasteiger partial charge in [-0.05, 0) is 13.8 Å². The molecule has 0 aliphatic heterocycles. The summed E-state index contributed by atoms with van der Waals surface area (Å²) < 4.78 is 1.64. The van der Waals surface area contributed by atoms with Crippen LogP contribution in [0.3, 0.4) is 0 Å². The van der Waals surface area contributed by atoms with Crippen molar-refractivity contribution in [3.05, 3.63) is 28.0 Å². The first-order chi connectivity index (χ1) is 8.99. The topological polar surface area (TPSA) is 77.0 Å². The van der Waals surface area contributed by atoms with Crippen molar-refractivity contribution in [3.8, 4) is 0 Å². The van der Waals surface area contributed by atoms with E-state index in [-0.39, 0.29) is 12.5 Å². The van der Waals surface area contributed by atoms with Crippen LogP contribution in [-0.2, 0) is 17.9 Å². The van der Waals surface area contributed by atoms with E-state index in [0.717, 1.165) is 17.1 Å². The van der Waals surface area contributed by atoms with Crippen LogP contribution in [0.25, 0.3) is 0 Å². The van der Waals surface area contributed by atoms with Crippen LogP contribution < -0.4 is 5.73 Å². The molecule has 0 saturated heterocycles. The minimum absolute atomic E-state index is 0.0152. The van der Waals surface area contributed by atoms with Crippen LogP contribution in [0.5, 0.6) is 0 Å². The molecule has 2 aromatic rings. The van der Waals surface area contributed by atoms with E-state index in [9.17, 15) is 4.79 Å². The van der Waals surface area contributed by atoms with Crippen LogP contribution in [-0.4, -0.2) is 32.6 Å². The molecule has 0 aromatic carbocycles. The van der Waals surface area contributed by atoms with Crippen LogP contribution in [0.2, 0.25) is 0 Å². The van der Waals surface area contributed by atoms with Crippen LogP contribution >= 0.6 is 11.3 Å². The molecule has 0 saturated carbocycles. The molecule has 0 atom stereocenters. The van der Waals surface area contributed by atoms with E-state index in [0.29, 0.717) is 12.2 Å². The third-order valence-corrected chi connectivity index (χ3v) is 3.67. The van der Waals surface area contributed by atoms with Gasteiger partial charge in [0.2, 0.25) is 5.91 Å². The fourth-order valence-electron chi connectivity index (χ4n) is 1.76. The Bertz CT molecular complexity index is 575. The number of aryl methyl sites for hydroxylation is 1. The summed E-state index contributed by atoms with van der Waals surface area (Å²) in [6.07, 6.45) is 0. The second-order valence-electron chi connectivity index (χ2n) is 4.47. The van der Waals surface area contributed by atoms with E-state index in [1.165, 1.54) is 11.3 Å². The molecular weight excluding hydrogens is 262 g/mol. The Hall–Kier alpha value is -1.89. The molecule has 2 aromatic heterocycles. The number of carbonyl (C=O) groups is 1. The molecule has 19 heavy (non-hydrogen) atoms. The van der Waals surface area contributed by atoms with Gasteiger partial charge < -0.3 is 10.6 Å². The molecule has 2 N–H and O–H groups in total. The molecule has 0 aliphatic carbocycles. The Labute approximate surface area is 115 Å². The number of carbonyl (C=O) groups excluding carboxylic acids is 1. The van der Waals surface area contributed by atoms with Gasteiger partial charge in [-0.3, -0.25) is 9.48 Å². The van der Waals surface area contributed by atoms with Gasteiger partial charge in [-0.2, -0.15) is 5.10 Å². The Morgan fingerprint density at radius 2 is 2.26 bits per heavy atom. The fraction of sp³-hybridized carbons (Fsp3) is 0.417. The van der Waals surface area contributed by atoms with E-state index < -0.39 is 0 Å². The molecule has 0 bridgehead atoms. The number of rotatable bonds is 4. The molecule has 7 heteroatoms. The minimum atomic E-state index is -0.0152. The Morgan fingerprint density at radius 3 is 2.79 bits per heavy atom. The van der Waals surface area contributed by atoms with Gasteiger partial charge in [-0.15, -0.1) is 11.3 Å². The van der Waals surface area contributed by atoms with Gasteiger partial charge in [0.25, 0.3) is 0 Å². The molecule has 0 spiro atoms. The zero-order valence-electron chi connectivity index (χ0n) is 11.3. The van der Waals surface area contributed by atoms with E-state index in [4.69, 9.17) is 5.73 Å². The SMILES string of the molecule is Cc1nn(CC(=O)N(C)Cc2cscn2)c(C)c1N. The van der Waals surface area contributed by atoms with Gasteiger partial charge >= 0.3 is 0 Å². The first-order valence-corrected chi connectivity index (χ1v) is 6.84. The van der Waals surface area contributed by atoms with Crippen molar-refractivity contribution in [2.75, 3.05) is 12.8 Å². The zero-order valence-corrected chi connectivity index (χ0v) is 12.1. The quantitative estimate of drug-likeness (QED) is 0.912. The number of hydrogen-bond donors (Lipinski definition) is 1. The standard InChI is InChI=1S/C12H17N5OS/c1-8-12(13)9(2)17(15-8)5-11(18)16(3)4-10-6-19-7-14-10/h6-7H,4-5,13H2,1-3H3. The lowest BCUT2D eigenvalue weighted by Gasteiger charge is -2.16. The molecule has 2 rings (SSSR count). The summed E-state index contributed by atoms with van der Waals surface area (Å²) in [6.45, 7) is 4.41. The van der Waals surface area contributed by atoms with E-state index >= 15 is 0 Å². The van der Waals surface area contributed by atoms with Crippen molar-refractivity contribution in [2.24, 2.45) is 0 Å². The maximum atomic E-state index is 12.1. The highest BCUT2D eigenvalue weighted by Gasteiger charge is 2.15. The monoisotopic (exact) mass is 279 g/mol. The summed E-state index contributed by atoms with van der Waals surface area (Å²) in [6, 6.07) is 0. The number of nitrogens with zero attached hydrogens (tertiary/aromatic N) is 4. The third-order valence-electron chi connectivity index (χ3n) is 3.03. The highest BCUT2D eigenvalue weighted by molar-refractivity contribution is 7.07. The Kier molecular flexibility index (Phi) is 3.84. The normalized spacial score (nSPS) is 10.7. The van der Waals surface area contributed by atoms with Crippen molar-refractivity contribution in [2.45, 2.75) is 26.9 Å². The number of anilines is 1. The summed E-state index contributed by atoms with van der Waals surface area (Å²) in [5.41, 5.74) is 10.7.